The van der Waals surface area contributed by atoms with Crippen LogP contribution in [0.2, 0.25) is 0 Å². The van der Waals surface area contributed by atoms with Crippen molar-refractivity contribution >= 4 is 16.9 Å². The number of carbonyl (C=O) groups excluding carboxylic acids is 1. The maximum absolute atomic E-state index is 13.8. The Labute approximate surface area is 218 Å². The van der Waals surface area contributed by atoms with Gasteiger partial charge in [-0.15, -0.1) is 0 Å². The molecule has 0 aliphatic carbocycles. The summed E-state index contributed by atoms with van der Waals surface area (Å²) in [6.07, 6.45) is 1.42. The van der Waals surface area contributed by atoms with Crippen molar-refractivity contribution in [1.29, 1.82) is 0 Å². The van der Waals surface area contributed by atoms with Gasteiger partial charge in [0.15, 0.2) is 11.5 Å². The molecule has 3 aromatic carbocycles. The second-order valence-electron chi connectivity index (χ2n) is 8.59. The molecule has 0 unspecified atom stereocenters. The van der Waals surface area contributed by atoms with Gasteiger partial charge >= 0.3 is 5.97 Å². The lowest BCUT2D eigenvalue weighted by molar-refractivity contribution is -0.135. The van der Waals surface area contributed by atoms with Gasteiger partial charge in [0.25, 0.3) is 0 Å². The Balaban J connectivity index is 1.77. The van der Waals surface area contributed by atoms with E-state index in [1.165, 1.54) is 34.7 Å². The lowest BCUT2D eigenvalue weighted by atomic mass is 9.84. The second kappa shape index (κ2) is 10.0. The third kappa shape index (κ3) is 4.06. The normalized spacial score (nSPS) is 14.4. The van der Waals surface area contributed by atoms with Gasteiger partial charge < -0.3 is 32.8 Å². The minimum Gasteiger partial charge on any atom is -0.497 e. The summed E-state index contributed by atoms with van der Waals surface area (Å²) < 4.78 is 39.0. The van der Waals surface area contributed by atoms with Gasteiger partial charge in [-0.3, -0.25) is 9.59 Å². The molecule has 1 aliphatic heterocycles. The number of methoxy groups -OCH3 is 5. The highest BCUT2D eigenvalue weighted by atomic mass is 16.5. The van der Waals surface area contributed by atoms with E-state index in [9.17, 15) is 9.59 Å². The van der Waals surface area contributed by atoms with E-state index in [1.807, 2.05) is 0 Å². The first-order chi connectivity index (χ1) is 18.4. The van der Waals surface area contributed by atoms with Crippen LogP contribution < -0.4 is 33.8 Å². The molecular formula is C29H26O9. The number of carbonyl (C=O) groups is 1. The van der Waals surface area contributed by atoms with Crippen molar-refractivity contribution in [2.75, 3.05) is 35.5 Å². The SMILES string of the molecule is COc1ccc(-c2coc3c4c(cc(OC)c3c2=O)OC(=O)C[C@H]4c2cc(OC)c(OC)c(OC)c2)cc1. The fourth-order valence-corrected chi connectivity index (χ4v) is 4.84. The maximum atomic E-state index is 13.8. The van der Waals surface area contributed by atoms with Crippen LogP contribution in [0, 0.1) is 0 Å². The lowest BCUT2D eigenvalue weighted by Crippen LogP contribution is -2.22. The Morgan fingerprint density at radius 3 is 2.03 bits per heavy atom. The molecule has 1 aliphatic rings. The number of benzene rings is 3. The van der Waals surface area contributed by atoms with Crippen molar-refractivity contribution in [3.05, 3.63) is 70.1 Å². The molecule has 0 radical (unpaired) electrons. The molecule has 0 amide bonds. The Morgan fingerprint density at radius 2 is 1.45 bits per heavy atom. The topological polar surface area (TPSA) is 103 Å². The van der Waals surface area contributed by atoms with Crippen LogP contribution in [0.5, 0.6) is 34.5 Å². The first-order valence-electron chi connectivity index (χ1n) is 11.7. The van der Waals surface area contributed by atoms with Gasteiger partial charge in [0.1, 0.15) is 34.5 Å². The molecule has 0 N–H and O–H groups in total. The molecule has 0 spiro atoms. The van der Waals surface area contributed by atoms with Gasteiger partial charge in [-0.25, -0.2) is 0 Å². The van der Waals surface area contributed by atoms with E-state index in [2.05, 4.69) is 0 Å². The Bertz CT molecular complexity index is 1560. The van der Waals surface area contributed by atoms with Crippen LogP contribution in [-0.2, 0) is 4.79 Å². The van der Waals surface area contributed by atoms with Gasteiger partial charge in [-0.2, -0.15) is 0 Å². The van der Waals surface area contributed by atoms with Gasteiger partial charge in [0.2, 0.25) is 11.2 Å². The van der Waals surface area contributed by atoms with Crippen LogP contribution >= 0.6 is 0 Å². The fourth-order valence-electron chi connectivity index (χ4n) is 4.84. The molecule has 9 nitrogen and oxygen atoms in total. The second-order valence-corrected chi connectivity index (χ2v) is 8.59. The number of fused-ring (bicyclic) bond motifs is 3. The Hall–Kier alpha value is -4.66. The summed E-state index contributed by atoms with van der Waals surface area (Å²) in [6.45, 7) is 0. The Kier molecular flexibility index (Phi) is 6.59. The summed E-state index contributed by atoms with van der Waals surface area (Å²) in [5, 5.41) is 0.245. The van der Waals surface area contributed by atoms with E-state index in [0.717, 1.165) is 0 Å². The number of rotatable bonds is 7. The van der Waals surface area contributed by atoms with Gasteiger partial charge in [0, 0.05) is 17.5 Å². The average Bonchev–Trinajstić information content (AvgIpc) is 2.95. The van der Waals surface area contributed by atoms with Crippen molar-refractivity contribution in [3.63, 3.8) is 0 Å². The third-order valence-corrected chi connectivity index (χ3v) is 6.67. The number of hydrogen-bond donors (Lipinski definition) is 0. The monoisotopic (exact) mass is 518 g/mol. The molecule has 4 aromatic rings. The van der Waals surface area contributed by atoms with E-state index in [1.54, 1.807) is 49.6 Å². The molecule has 0 saturated heterocycles. The van der Waals surface area contributed by atoms with Crippen LogP contribution in [-0.4, -0.2) is 41.5 Å². The molecule has 38 heavy (non-hydrogen) atoms. The van der Waals surface area contributed by atoms with Crippen molar-refractivity contribution in [3.8, 4) is 45.6 Å². The third-order valence-electron chi connectivity index (χ3n) is 6.67. The van der Waals surface area contributed by atoms with Crippen LogP contribution in [0.1, 0.15) is 23.5 Å². The summed E-state index contributed by atoms with van der Waals surface area (Å²) >= 11 is 0. The van der Waals surface area contributed by atoms with E-state index in [0.29, 0.717) is 45.3 Å². The highest BCUT2D eigenvalue weighted by molar-refractivity contribution is 5.94. The molecule has 0 fully saturated rings. The molecule has 5 rings (SSSR count). The van der Waals surface area contributed by atoms with E-state index < -0.39 is 11.9 Å². The first-order valence-corrected chi connectivity index (χ1v) is 11.7. The van der Waals surface area contributed by atoms with Crippen molar-refractivity contribution in [2.24, 2.45) is 0 Å². The molecule has 2 heterocycles. The van der Waals surface area contributed by atoms with Crippen molar-refractivity contribution in [2.45, 2.75) is 12.3 Å². The van der Waals surface area contributed by atoms with Crippen LogP contribution in [0.3, 0.4) is 0 Å². The zero-order valence-electron chi connectivity index (χ0n) is 21.6. The number of esters is 1. The summed E-state index contributed by atoms with van der Waals surface area (Å²) in [5.41, 5.74) is 2.26. The van der Waals surface area contributed by atoms with Gasteiger partial charge in [-0.05, 0) is 35.4 Å². The minimum atomic E-state index is -0.525. The van der Waals surface area contributed by atoms with Crippen LogP contribution in [0.4, 0.5) is 0 Å². The lowest BCUT2D eigenvalue weighted by Gasteiger charge is -2.27. The smallest absolute Gasteiger partial charge is 0.312 e. The molecule has 196 valence electrons. The molecule has 0 bridgehead atoms. The maximum Gasteiger partial charge on any atom is 0.312 e. The molecule has 0 saturated carbocycles. The van der Waals surface area contributed by atoms with Crippen molar-refractivity contribution < 1.29 is 37.6 Å². The average molecular weight is 519 g/mol. The highest BCUT2D eigenvalue weighted by Crippen LogP contribution is 2.49. The molecule has 1 aromatic heterocycles. The molecular weight excluding hydrogens is 492 g/mol. The van der Waals surface area contributed by atoms with E-state index in [4.69, 9.17) is 32.8 Å². The fraction of sp³-hybridized carbons (Fsp3) is 0.241. The Morgan fingerprint density at radius 1 is 0.789 bits per heavy atom. The quantitative estimate of drug-likeness (QED) is 0.248. The largest absolute Gasteiger partial charge is 0.497 e. The highest BCUT2D eigenvalue weighted by Gasteiger charge is 2.35. The first kappa shape index (κ1) is 25.0. The standard InChI is InChI=1S/C29H26O9/c1-32-17-8-6-15(7-9-17)19-14-37-29-25-18(16-10-22(34-3)28(36-5)23(11-16)35-4)12-24(30)38-21(25)13-20(33-2)26(29)27(19)31/h6-11,13-14,18H,12H2,1-5H3/t18-/m0/s1. The summed E-state index contributed by atoms with van der Waals surface area (Å²) in [6, 6.07) is 12.2. The summed E-state index contributed by atoms with van der Waals surface area (Å²) in [7, 11) is 7.57. The summed E-state index contributed by atoms with van der Waals surface area (Å²) in [5.74, 6) is 1.49. The zero-order valence-corrected chi connectivity index (χ0v) is 21.6. The minimum absolute atomic E-state index is 0.0109. The zero-order chi connectivity index (χ0) is 27.0. The molecule has 1 atom stereocenters. The number of hydrogen-bond acceptors (Lipinski definition) is 9. The van der Waals surface area contributed by atoms with Crippen LogP contribution in [0.15, 0.2) is 57.9 Å². The number of ether oxygens (including phenoxy) is 6. The predicted octanol–water partition coefficient (Wildman–Crippen LogP) is 4.94. The predicted molar refractivity (Wildman–Crippen MR) is 139 cm³/mol. The van der Waals surface area contributed by atoms with E-state index in [-0.39, 0.29) is 34.3 Å². The summed E-state index contributed by atoms with van der Waals surface area (Å²) in [4.78, 5) is 26.5. The van der Waals surface area contributed by atoms with Gasteiger partial charge in [-0.1, -0.05) is 12.1 Å². The van der Waals surface area contributed by atoms with E-state index >= 15 is 0 Å². The van der Waals surface area contributed by atoms with Gasteiger partial charge in [0.05, 0.1) is 47.5 Å². The van der Waals surface area contributed by atoms with Crippen molar-refractivity contribution in [1.82, 2.24) is 0 Å². The van der Waals surface area contributed by atoms with Crippen LogP contribution in [0.25, 0.3) is 22.1 Å². The molecule has 9 heteroatoms.